The van der Waals surface area contributed by atoms with E-state index in [2.05, 4.69) is 21.2 Å². The molecule has 1 atom stereocenters. The molecular formula is C26H36BrN3O4S. The van der Waals surface area contributed by atoms with Crippen molar-refractivity contribution in [3.05, 3.63) is 64.1 Å². The van der Waals surface area contributed by atoms with Crippen molar-refractivity contribution in [1.82, 2.24) is 10.2 Å². The maximum atomic E-state index is 13.6. The molecule has 2 rings (SSSR count). The average Bonchev–Trinajstić information content (AvgIpc) is 2.75. The molecule has 0 unspecified atom stereocenters. The Hall–Kier alpha value is -2.39. The van der Waals surface area contributed by atoms with E-state index < -0.39 is 34.1 Å². The first-order valence-corrected chi connectivity index (χ1v) is 14.3. The molecule has 7 nitrogen and oxygen atoms in total. The number of rotatable bonds is 10. The first-order chi connectivity index (χ1) is 16.2. The second kappa shape index (κ2) is 12.0. The van der Waals surface area contributed by atoms with Gasteiger partial charge in [-0.2, -0.15) is 0 Å². The molecule has 35 heavy (non-hydrogen) atoms. The van der Waals surface area contributed by atoms with Crippen LogP contribution in [0, 0.1) is 6.92 Å². The first-order valence-electron chi connectivity index (χ1n) is 11.6. The summed E-state index contributed by atoms with van der Waals surface area (Å²) in [6.45, 7) is 9.25. The van der Waals surface area contributed by atoms with Gasteiger partial charge in [0, 0.05) is 16.6 Å². The summed E-state index contributed by atoms with van der Waals surface area (Å²) in [4.78, 5) is 28.3. The molecule has 9 heteroatoms. The number of carbonyl (C=O) groups is 2. The fourth-order valence-electron chi connectivity index (χ4n) is 3.75. The molecule has 0 radical (unpaired) electrons. The maximum absolute atomic E-state index is 13.6. The smallest absolute Gasteiger partial charge is 0.244 e. The third-order valence-corrected chi connectivity index (χ3v) is 7.51. The highest BCUT2D eigenvalue weighted by atomic mass is 79.9. The van der Waals surface area contributed by atoms with Crippen molar-refractivity contribution in [3.8, 4) is 0 Å². The average molecular weight is 567 g/mol. The van der Waals surface area contributed by atoms with Gasteiger partial charge in [0.2, 0.25) is 21.8 Å². The van der Waals surface area contributed by atoms with Gasteiger partial charge in [-0.05, 0) is 69.9 Å². The lowest BCUT2D eigenvalue weighted by Gasteiger charge is -2.34. The Balaban J connectivity index is 2.40. The SMILES string of the molecule is CC[C@@H](C(=O)NC(C)(C)C)N(CCc1ccccc1)C(=O)CN(c1ccc(Br)c(C)c1)S(C)(=O)=O. The Morgan fingerprint density at radius 1 is 1.09 bits per heavy atom. The molecule has 0 saturated heterocycles. The zero-order valence-electron chi connectivity index (χ0n) is 21.3. The molecule has 0 aliphatic heterocycles. The Morgan fingerprint density at radius 3 is 2.23 bits per heavy atom. The van der Waals surface area contributed by atoms with Crippen LogP contribution in [0.25, 0.3) is 0 Å². The topological polar surface area (TPSA) is 86.8 Å². The van der Waals surface area contributed by atoms with Crippen LogP contribution in [0.2, 0.25) is 0 Å². The van der Waals surface area contributed by atoms with Crippen molar-refractivity contribution in [1.29, 1.82) is 0 Å². The van der Waals surface area contributed by atoms with Crippen molar-refractivity contribution < 1.29 is 18.0 Å². The van der Waals surface area contributed by atoms with Crippen molar-refractivity contribution >= 4 is 43.5 Å². The van der Waals surface area contributed by atoms with Crippen LogP contribution in [0.4, 0.5) is 5.69 Å². The predicted molar refractivity (Wildman–Crippen MR) is 145 cm³/mol. The minimum Gasteiger partial charge on any atom is -0.350 e. The van der Waals surface area contributed by atoms with Crippen LogP contribution in [0.3, 0.4) is 0 Å². The van der Waals surface area contributed by atoms with Crippen molar-refractivity contribution in [2.24, 2.45) is 0 Å². The largest absolute Gasteiger partial charge is 0.350 e. The van der Waals surface area contributed by atoms with Crippen LogP contribution < -0.4 is 9.62 Å². The van der Waals surface area contributed by atoms with Gasteiger partial charge in [-0.15, -0.1) is 0 Å². The molecule has 192 valence electrons. The van der Waals surface area contributed by atoms with Crippen LogP contribution in [-0.2, 0) is 26.0 Å². The van der Waals surface area contributed by atoms with Gasteiger partial charge >= 0.3 is 0 Å². The number of nitrogens with zero attached hydrogens (tertiary/aromatic N) is 2. The summed E-state index contributed by atoms with van der Waals surface area (Å²) in [5, 5.41) is 2.96. The number of anilines is 1. The van der Waals surface area contributed by atoms with E-state index in [1.165, 1.54) is 4.90 Å². The summed E-state index contributed by atoms with van der Waals surface area (Å²) in [5.41, 5.74) is 1.81. The lowest BCUT2D eigenvalue weighted by Crippen LogP contribution is -2.56. The van der Waals surface area contributed by atoms with E-state index >= 15 is 0 Å². The molecule has 0 heterocycles. The van der Waals surface area contributed by atoms with Gasteiger partial charge in [-0.3, -0.25) is 13.9 Å². The summed E-state index contributed by atoms with van der Waals surface area (Å²) >= 11 is 3.43. The molecule has 0 fully saturated rings. The Labute approximate surface area is 218 Å². The highest BCUT2D eigenvalue weighted by molar-refractivity contribution is 9.10. The minimum atomic E-state index is -3.75. The number of aryl methyl sites for hydroxylation is 1. The van der Waals surface area contributed by atoms with Crippen LogP contribution in [0.1, 0.15) is 45.2 Å². The molecule has 2 aromatic carbocycles. The van der Waals surface area contributed by atoms with Crippen molar-refractivity contribution in [3.63, 3.8) is 0 Å². The van der Waals surface area contributed by atoms with E-state index in [0.29, 0.717) is 18.5 Å². The van der Waals surface area contributed by atoms with Gasteiger partial charge < -0.3 is 10.2 Å². The number of amides is 2. The van der Waals surface area contributed by atoms with E-state index in [4.69, 9.17) is 0 Å². The summed E-state index contributed by atoms with van der Waals surface area (Å²) < 4.78 is 27.3. The second-order valence-corrected chi connectivity index (χ2v) is 12.5. The summed E-state index contributed by atoms with van der Waals surface area (Å²) in [7, 11) is -3.75. The standard InChI is InChI=1S/C26H36BrN3O4S/c1-7-23(25(32)28-26(3,4)5)29(16-15-20-11-9-8-10-12-20)24(31)18-30(35(6,33)34)21-13-14-22(27)19(2)17-21/h8-14,17,23H,7,15-16,18H2,1-6H3,(H,28,32)/t23-/m0/s1. The number of halogens is 1. The molecular weight excluding hydrogens is 530 g/mol. The lowest BCUT2D eigenvalue weighted by molar-refractivity contribution is -0.140. The van der Waals surface area contributed by atoms with E-state index in [1.807, 2.05) is 65.0 Å². The fourth-order valence-corrected chi connectivity index (χ4v) is 4.83. The van der Waals surface area contributed by atoms with E-state index in [0.717, 1.165) is 26.2 Å². The first kappa shape index (κ1) is 28.8. The van der Waals surface area contributed by atoms with Gasteiger partial charge in [0.05, 0.1) is 11.9 Å². The molecule has 0 aromatic heterocycles. The molecule has 1 N–H and O–H groups in total. The zero-order valence-corrected chi connectivity index (χ0v) is 23.7. The Bertz CT molecular complexity index is 1130. The third-order valence-electron chi connectivity index (χ3n) is 5.48. The Morgan fingerprint density at radius 2 is 1.71 bits per heavy atom. The summed E-state index contributed by atoms with van der Waals surface area (Å²) in [6, 6.07) is 14.1. The minimum absolute atomic E-state index is 0.258. The second-order valence-electron chi connectivity index (χ2n) is 9.69. The molecule has 2 aromatic rings. The quantitative estimate of drug-likeness (QED) is 0.465. The zero-order chi connectivity index (χ0) is 26.4. The van der Waals surface area contributed by atoms with Crippen LogP contribution >= 0.6 is 15.9 Å². The van der Waals surface area contributed by atoms with Gasteiger partial charge in [0.25, 0.3) is 0 Å². The van der Waals surface area contributed by atoms with Gasteiger partial charge in [-0.25, -0.2) is 8.42 Å². The van der Waals surface area contributed by atoms with Gasteiger partial charge in [0.1, 0.15) is 12.6 Å². The molecule has 0 bridgehead atoms. The number of hydrogen-bond donors (Lipinski definition) is 1. The molecule has 0 aliphatic rings. The lowest BCUT2D eigenvalue weighted by atomic mass is 10.1. The van der Waals surface area contributed by atoms with Crippen molar-refractivity contribution in [2.45, 2.75) is 59.0 Å². The van der Waals surface area contributed by atoms with E-state index in [-0.39, 0.29) is 12.5 Å². The molecule has 0 spiro atoms. The van der Waals surface area contributed by atoms with Gasteiger partial charge in [-0.1, -0.05) is 53.2 Å². The number of hydrogen-bond acceptors (Lipinski definition) is 4. The molecule has 0 aliphatic carbocycles. The number of carbonyl (C=O) groups excluding carboxylic acids is 2. The fraction of sp³-hybridized carbons (Fsp3) is 0.462. The maximum Gasteiger partial charge on any atom is 0.244 e. The third kappa shape index (κ3) is 8.65. The van der Waals surface area contributed by atoms with Crippen LogP contribution in [0.5, 0.6) is 0 Å². The Kier molecular flexibility index (Phi) is 9.92. The van der Waals surface area contributed by atoms with Gasteiger partial charge in [0.15, 0.2) is 0 Å². The van der Waals surface area contributed by atoms with Crippen molar-refractivity contribution in [2.75, 3.05) is 23.7 Å². The number of benzene rings is 2. The highest BCUT2D eigenvalue weighted by Gasteiger charge is 2.32. The monoisotopic (exact) mass is 565 g/mol. The summed E-state index contributed by atoms with van der Waals surface area (Å²) in [5.74, 6) is -0.686. The highest BCUT2D eigenvalue weighted by Crippen LogP contribution is 2.25. The number of sulfonamides is 1. The number of nitrogens with one attached hydrogen (secondary N) is 1. The normalized spacial score (nSPS) is 12.7. The van der Waals surface area contributed by atoms with Crippen LogP contribution in [-0.4, -0.2) is 56.1 Å². The van der Waals surface area contributed by atoms with E-state index in [9.17, 15) is 18.0 Å². The molecule has 2 amide bonds. The van der Waals surface area contributed by atoms with Crippen LogP contribution in [0.15, 0.2) is 53.0 Å². The summed E-state index contributed by atoms with van der Waals surface area (Å²) in [6.07, 6.45) is 2.02. The van der Waals surface area contributed by atoms with E-state index in [1.54, 1.807) is 18.2 Å². The predicted octanol–water partition coefficient (Wildman–Crippen LogP) is 4.29. The molecule has 0 saturated carbocycles.